The van der Waals surface area contributed by atoms with Crippen molar-refractivity contribution < 1.29 is 18.7 Å². The fourth-order valence-corrected chi connectivity index (χ4v) is 10.2. The van der Waals surface area contributed by atoms with E-state index in [0.29, 0.717) is 28.1 Å². The second-order valence-electron chi connectivity index (χ2n) is 14.9. The summed E-state index contributed by atoms with van der Waals surface area (Å²) in [6.07, 6.45) is 7.59. The van der Waals surface area contributed by atoms with Gasteiger partial charge in [0.25, 0.3) is 0 Å². The Hall–Kier alpha value is -4.81. The van der Waals surface area contributed by atoms with Gasteiger partial charge in [0.1, 0.15) is 24.5 Å². The van der Waals surface area contributed by atoms with Crippen LogP contribution in [0.3, 0.4) is 0 Å². The molecule has 0 fully saturated rings. The van der Waals surface area contributed by atoms with E-state index in [9.17, 15) is 14.4 Å². The van der Waals surface area contributed by atoms with Crippen molar-refractivity contribution in [3.05, 3.63) is 76.9 Å². The molecule has 20 heteroatoms. The number of anilines is 2. The van der Waals surface area contributed by atoms with E-state index in [4.69, 9.17) is 4.74 Å². The van der Waals surface area contributed by atoms with Gasteiger partial charge in [-0.15, -0.1) is 0 Å². The van der Waals surface area contributed by atoms with E-state index in [2.05, 4.69) is 66.9 Å². The first-order valence-corrected chi connectivity index (χ1v) is 28.0. The zero-order valence-electron chi connectivity index (χ0n) is 37.0. The summed E-state index contributed by atoms with van der Waals surface area (Å²) in [6.45, 7) is 10.7. The third-order valence-corrected chi connectivity index (χ3v) is 12.8. The summed E-state index contributed by atoms with van der Waals surface area (Å²) in [5, 5.41) is 20.2. The molecule has 0 spiro atoms. The van der Waals surface area contributed by atoms with Crippen LogP contribution in [0.2, 0.25) is 9.74 Å². The maximum absolute atomic E-state index is 15.3. The number of imidazole rings is 1. The quantitative estimate of drug-likeness (QED) is 0.0223. The van der Waals surface area contributed by atoms with Crippen molar-refractivity contribution in [1.29, 1.82) is 0 Å². The molecule has 5 aromatic rings. The number of hydrogen-bond acceptors (Lipinski definition) is 14. The van der Waals surface area contributed by atoms with Gasteiger partial charge in [0, 0.05) is 18.5 Å². The number of nitrogens with zero attached hydrogens (tertiary/aromatic N) is 9. The Morgan fingerprint density at radius 2 is 1.89 bits per heavy atom. The number of benzene rings is 2. The molecular weight excluding hydrogens is 923 g/mol. The van der Waals surface area contributed by atoms with Gasteiger partial charge in [-0.25, -0.2) is 19.0 Å². The topological polar surface area (TPSA) is 184 Å². The molecule has 0 aliphatic rings. The number of halogens is 1. The van der Waals surface area contributed by atoms with Gasteiger partial charge < -0.3 is 15.4 Å². The van der Waals surface area contributed by atoms with Crippen LogP contribution in [0.5, 0.6) is 5.75 Å². The molecule has 0 bridgehead atoms. The summed E-state index contributed by atoms with van der Waals surface area (Å²) >= 11 is 0.0495. The summed E-state index contributed by atoms with van der Waals surface area (Å²) in [7, 11) is 7.46. The predicted molar refractivity (Wildman–Crippen MR) is 249 cm³/mol. The van der Waals surface area contributed by atoms with E-state index in [-0.39, 0.29) is 31.3 Å². The number of hydrogen-bond donors (Lipinski definition) is 4. The van der Waals surface area contributed by atoms with Crippen LogP contribution in [0.1, 0.15) is 39.2 Å². The molecule has 0 saturated carbocycles. The van der Waals surface area contributed by atoms with Gasteiger partial charge >= 0.3 is 220 Å². The van der Waals surface area contributed by atoms with Crippen LogP contribution in [-0.2, 0) is 16.6 Å². The Kier molecular flexibility index (Phi) is 20.4. The molecular formula is C42H61FN13O4SSb. The molecule has 17 nitrogen and oxygen atoms in total. The zero-order chi connectivity index (χ0) is 45.2. The van der Waals surface area contributed by atoms with Crippen LogP contribution < -0.4 is 36.8 Å². The maximum atomic E-state index is 15.3. The minimum atomic E-state index is -1.43. The normalized spacial score (nSPS) is 12.2. The van der Waals surface area contributed by atoms with Crippen LogP contribution in [-0.4, -0.2) is 137 Å². The number of nitrogens with one attached hydrogen (secondary N) is 4. The minimum absolute atomic E-state index is 0.0461. The summed E-state index contributed by atoms with van der Waals surface area (Å²) in [6, 6.07) is 10.4. The van der Waals surface area contributed by atoms with E-state index in [1.165, 1.54) is 33.6 Å². The number of aldehydes is 2. The van der Waals surface area contributed by atoms with Crippen molar-refractivity contribution in [3.8, 4) is 17.0 Å². The molecule has 1 atom stereocenters. The van der Waals surface area contributed by atoms with Gasteiger partial charge in [-0.2, -0.15) is 10.2 Å². The number of carbonyl (C=O) groups excluding carboxylic acids is 2. The molecule has 0 aliphatic carbocycles. The zero-order valence-corrected chi connectivity index (χ0v) is 40.3. The molecule has 0 saturated heterocycles. The predicted octanol–water partition coefficient (Wildman–Crippen LogP) is 4.56. The van der Waals surface area contributed by atoms with Gasteiger partial charge in [-0.3, -0.25) is 5.10 Å². The van der Waals surface area contributed by atoms with Crippen molar-refractivity contribution in [3.63, 3.8) is 0 Å². The van der Waals surface area contributed by atoms with Crippen LogP contribution >= 0.6 is 11.9 Å². The number of fused-ring (bicyclic) bond motifs is 1. The third kappa shape index (κ3) is 13.8. The number of aromatic nitrogens is 6. The van der Waals surface area contributed by atoms with Crippen molar-refractivity contribution in [2.75, 3.05) is 68.7 Å². The molecule has 5 rings (SSSR count). The molecule has 0 aliphatic heterocycles. The number of aromatic amines is 1. The standard InChI is InChI=1S/C38H48FN12O4S.C2H7N.2CH3.Sb/c1-26(2)55-36-35(27-21-45-46-22-27)44-25-50(40-3)37(36)43-24-42-32-12-11-30(20-31(32)39)56-48(5)16-8-14-41-15-17-47(4)28-10-13-33-34(19-28)49(6)38(54)51(33)29(23-53)9-7-18-52;1-3-2;;;/h10-13,18-23,25-26,29,41-42H,3-4,7-9,14-17,24H2,1-2,5-6H3,(H,45,46);3H,1-2H3;2*1H3;/b43-37-;;;;. The molecule has 4 N–H and O–H groups in total. The van der Waals surface area contributed by atoms with Gasteiger partial charge in [0.05, 0.1) is 18.0 Å². The Morgan fingerprint density at radius 3 is 2.53 bits per heavy atom. The van der Waals surface area contributed by atoms with Gasteiger partial charge in [-0.05, 0) is 34.0 Å². The number of ether oxygens (including phenoxy) is 1. The van der Waals surface area contributed by atoms with Crippen LogP contribution in [0, 0.1) is 5.82 Å². The first-order valence-electron chi connectivity index (χ1n) is 20.3. The average Bonchev–Trinajstić information content (AvgIpc) is 3.86. The fraction of sp³-hybridized carbons (Fsp3) is 0.452. The Morgan fingerprint density at radius 1 is 1.11 bits per heavy atom. The van der Waals surface area contributed by atoms with Crippen molar-refractivity contribution in [2.45, 2.75) is 59.9 Å². The van der Waals surface area contributed by atoms with Crippen LogP contribution in [0.15, 0.2) is 74.9 Å². The number of aryl methyl sites for hydroxylation is 1. The second-order valence-corrected chi connectivity index (χ2v) is 23.1. The molecule has 3 aromatic heterocycles. The monoisotopic (exact) mass is 983 g/mol. The van der Waals surface area contributed by atoms with Crippen molar-refractivity contribution in [1.82, 2.24) is 43.9 Å². The first kappa shape index (κ1) is 49.8. The third-order valence-electron chi connectivity index (χ3n) is 9.25. The molecule has 62 heavy (non-hydrogen) atoms. The molecule has 3 heterocycles. The molecule has 0 radical (unpaired) electrons. The van der Waals surface area contributed by atoms with Crippen molar-refractivity contribution >= 4 is 73.9 Å². The molecule has 336 valence electrons. The van der Waals surface area contributed by atoms with Gasteiger partial charge in [0.15, 0.2) is 11.2 Å². The van der Waals surface area contributed by atoms with E-state index >= 15 is 4.39 Å². The molecule has 1 unspecified atom stereocenters. The van der Waals surface area contributed by atoms with E-state index in [1.54, 1.807) is 30.1 Å². The Labute approximate surface area is 374 Å². The smallest absolute Gasteiger partial charge is 0.323 e. The fourth-order valence-electron chi connectivity index (χ4n) is 6.49. The van der Waals surface area contributed by atoms with E-state index in [1.807, 2.05) is 59.3 Å². The Balaban J connectivity index is 0.00000273. The van der Waals surface area contributed by atoms with E-state index in [0.717, 1.165) is 71.3 Å². The van der Waals surface area contributed by atoms with Gasteiger partial charge in [0.2, 0.25) is 0 Å². The van der Waals surface area contributed by atoms with Crippen LogP contribution in [0.4, 0.5) is 15.8 Å². The number of carbonyl (C=O) groups is 2. The van der Waals surface area contributed by atoms with Gasteiger partial charge in [-0.1, -0.05) is 0 Å². The SMILES string of the molecule is C=Nn1cnc(-c2cn[nH]c2)c(OC(C)C)/c1=N/CNc1ccc(SN(C)CCCNCCN([CH2][Sb]([CH3])[CH3])c2ccc3c(c2)n(C)c(=O)n3C(C=O)CCC=O)cc1F.CNC. The molecule has 2 aromatic carbocycles. The first-order chi connectivity index (χ1) is 29.9. The number of rotatable bonds is 24. The van der Waals surface area contributed by atoms with E-state index < -0.39 is 32.1 Å². The average molecular weight is 985 g/mol. The Bertz CT molecular complexity index is 2330. The van der Waals surface area contributed by atoms with Crippen LogP contribution in [0.25, 0.3) is 22.3 Å². The summed E-state index contributed by atoms with van der Waals surface area (Å²) < 4.78 is 29.0. The van der Waals surface area contributed by atoms with Crippen molar-refractivity contribution in [2.24, 2.45) is 17.1 Å². The molecule has 0 amide bonds. The minimum Gasteiger partial charge on any atom is -0.323 e. The summed E-state index contributed by atoms with van der Waals surface area (Å²) in [5.74, 6) is 0.0191. The second kappa shape index (κ2) is 25.3. The summed E-state index contributed by atoms with van der Waals surface area (Å²) in [4.78, 5) is 52.9. The summed E-state index contributed by atoms with van der Waals surface area (Å²) in [5.41, 5.74) is 4.17. The number of H-pyrrole nitrogens is 1.